The molecule has 2 heterocycles. The predicted octanol–water partition coefficient (Wildman–Crippen LogP) is 4.96. The maximum atomic E-state index is 13.0. The third-order valence-corrected chi connectivity index (χ3v) is 4.39. The molecule has 2 aromatic heterocycles. The van der Waals surface area contributed by atoms with Gasteiger partial charge in [0.25, 0.3) is 5.89 Å². The summed E-state index contributed by atoms with van der Waals surface area (Å²) in [5.41, 5.74) is 0.746. The molecule has 0 aliphatic rings. The van der Waals surface area contributed by atoms with E-state index in [1.807, 2.05) is 0 Å². The first-order chi connectivity index (χ1) is 13.3. The minimum atomic E-state index is -4.45. The first-order valence-corrected chi connectivity index (χ1v) is 8.41. The number of benzene rings is 2. The van der Waals surface area contributed by atoms with Gasteiger partial charge in [-0.3, -0.25) is 0 Å². The molecule has 0 radical (unpaired) electrons. The van der Waals surface area contributed by atoms with E-state index in [9.17, 15) is 13.2 Å². The Morgan fingerprint density at radius 1 is 1.07 bits per heavy atom. The molecule has 0 bridgehead atoms. The highest BCUT2D eigenvalue weighted by molar-refractivity contribution is 6.33. The van der Waals surface area contributed by atoms with Crippen LogP contribution < -0.4 is 0 Å². The Morgan fingerprint density at radius 2 is 1.86 bits per heavy atom. The van der Waals surface area contributed by atoms with Crippen molar-refractivity contribution in [3.05, 3.63) is 64.8 Å². The van der Waals surface area contributed by atoms with Crippen molar-refractivity contribution in [2.75, 3.05) is 0 Å². The lowest BCUT2D eigenvalue weighted by atomic mass is 10.2. The van der Waals surface area contributed by atoms with Gasteiger partial charge in [0.05, 0.1) is 22.0 Å². The third-order valence-electron chi connectivity index (χ3n) is 4.06. The second-order valence-electron chi connectivity index (χ2n) is 5.89. The lowest BCUT2D eigenvalue weighted by Gasteiger charge is -2.09. The van der Waals surface area contributed by atoms with Crippen LogP contribution in [0.1, 0.15) is 11.3 Å². The van der Waals surface area contributed by atoms with Crippen molar-refractivity contribution in [1.82, 2.24) is 25.1 Å². The molecular formula is C18H11ClF3N5O. The van der Waals surface area contributed by atoms with E-state index in [4.69, 9.17) is 16.1 Å². The van der Waals surface area contributed by atoms with E-state index in [2.05, 4.69) is 20.5 Å². The van der Waals surface area contributed by atoms with Crippen molar-refractivity contribution in [2.24, 2.45) is 0 Å². The maximum Gasteiger partial charge on any atom is 0.416 e. The van der Waals surface area contributed by atoms with Gasteiger partial charge in [0.1, 0.15) is 0 Å². The number of nitrogens with zero attached hydrogens (tertiary/aromatic N) is 5. The fourth-order valence-electron chi connectivity index (χ4n) is 2.66. The summed E-state index contributed by atoms with van der Waals surface area (Å²) < 4.78 is 45.4. The second kappa shape index (κ2) is 6.75. The van der Waals surface area contributed by atoms with E-state index in [0.717, 1.165) is 12.1 Å². The molecule has 0 fully saturated rings. The summed E-state index contributed by atoms with van der Waals surface area (Å²) in [6.45, 7) is 1.65. The maximum absolute atomic E-state index is 13.0. The van der Waals surface area contributed by atoms with Crippen molar-refractivity contribution in [2.45, 2.75) is 13.1 Å². The molecule has 10 heteroatoms. The molecule has 0 spiro atoms. The summed E-state index contributed by atoms with van der Waals surface area (Å²) in [7, 11) is 0. The van der Waals surface area contributed by atoms with Crippen molar-refractivity contribution in [3.8, 4) is 28.7 Å². The third kappa shape index (κ3) is 3.24. The van der Waals surface area contributed by atoms with E-state index in [1.165, 1.54) is 16.8 Å². The SMILES string of the molecule is Cc1c(-c2nc(-c3ccccc3Cl)no2)nnn1-c1cccc(C(F)(F)F)c1. The highest BCUT2D eigenvalue weighted by Gasteiger charge is 2.31. The molecule has 142 valence electrons. The quantitative estimate of drug-likeness (QED) is 0.481. The van der Waals surface area contributed by atoms with Crippen molar-refractivity contribution < 1.29 is 17.7 Å². The van der Waals surface area contributed by atoms with Gasteiger partial charge in [-0.05, 0) is 37.3 Å². The zero-order valence-electron chi connectivity index (χ0n) is 14.3. The largest absolute Gasteiger partial charge is 0.416 e. The Balaban J connectivity index is 1.72. The fraction of sp³-hybridized carbons (Fsp3) is 0.111. The van der Waals surface area contributed by atoms with E-state index < -0.39 is 11.7 Å². The molecule has 0 amide bonds. The van der Waals surface area contributed by atoms with Crippen LogP contribution in [0.4, 0.5) is 13.2 Å². The summed E-state index contributed by atoms with van der Waals surface area (Å²) in [6, 6.07) is 11.8. The van der Waals surface area contributed by atoms with Gasteiger partial charge in [-0.15, -0.1) is 5.10 Å². The zero-order chi connectivity index (χ0) is 19.9. The van der Waals surface area contributed by atoms with Crippen LogP contribution in [0, 0.1) is 6.92 Å². The first kappa shape index (κ1) is 18.2. The van der Waals surface area contributed by atoms with Crippen molar-refractivity contribution in [1.29, 1.82) is 0 Å². The summed E-state index contributed by atoms with van der Waals surface area (Å²) in [4.78, 5) is 4.28. The Kier molecular flexibility index (Phi) is 4.38. The van der Waals surface area contributed by atoms with Gasteiger partial charge in [-0.25, -0.2) is 4.68 Å². The highest BCUT2D eigenvalue weighted by atomic mass is 35.5. The normalized spacial score (nSPS) is 11.8. The van der Waals surface area contributed by atoms with E-state index in [1.54, 1.807) is 31.2 Å². The van der Waals surface area contributed by atoms with Crippen LogP contribution in [0.2, 0.25) is 5.02 Å². The number of hydrogen-bond donors (Lipinski definition) is 0. The number of hydrogen-bond acceptors (Lipinski definition) is 5. The summed E-state index contributed by atoms with van der Waals surface area (Å²) in [5.74, 6) is 0.360. The van der Waals surface area contributed by atoms with Crippen LogP contribution in [0.5, 0.6) is 0 Å². The number of aromatic nitrogens is 5. The molecule has 0 aliphatic heterocycles. The van der Waals surface area contributed by atoms with Crippen LogP contribution >= 0.6 is 11.6 Å². The van der Waals surface area contributed by atoms with Crippen LogP contribution in [0.15, 0.2) is 53.1 Å². The first-order valence-electron chi connectivity index (χ1n) is 8.03. The van der Waals surface area contributed by atoms with Crippen molar-refractivity contribution >= 4 is 11.6 Å². The molecular weight excluding hydrogens is 395 g/mol. The van der Waals surface area contributed by atoms with Gasteiger partial charge >= 0.3 is 6.18 Å². The lowest BCUT2D eigenvalue weighted by Crippen LogP contribution is -2.07. The standard InChI is InChI=1S/C18H11ClF3N5O/c1-10-15(17-23-16(25-28-17)13-7-2-3-8-14(13)19)24-26-27(10)12-6-4-5-11(9-12)18(20,21)22/h2-9H,1H3. The molecule has 4 rings (SSSR count). The molecule has 0 unspecified atom stereocenters. The van der Waals surface area contributed by atoms with Gasteiger partial charge in [0.2, 0.25) is 5.82 Å². The molecule has 0 aliphatic carbocycles. The minimum Gasteiger partial charge on any atom is -0.332 e. The molecule has 0 saturated carbocycles. The number of halogens is 4. The monoisotopic (exact) mass is 405 g/mol. The van der Waals surface area contributed by atoms with Gasteiger partial charge in [0, 0.05) is 5.56 Å². The Labute approximate surface area is 161 Å². The number of alkyl halides is 3. The van der Waals surface area contributed by atoms with Crippen LogP contribution in [-0.4, -0.2) is 25.1 Å². The van der Waals surface area contributed by atoms with E-state index in [-0.39, 0.29) is 23.1 Å². The smallest absolute Gasteiger partial charge is 0.332 e. The molecule has 4 aromatic rings. The zero-order valence-corrected chi connectivity index (χ0v) is 15.0. The Bertz CT molecular complexity index is 1150. The number of rotatable bonds is 3. The van der Waals surface area contributed by atoms with E-state index in [0.29, 0.717) is 16.3 Å². The van der Waals surface area contributed by atoms with Crippen molar-refractivity contribution in [3.63, 3.8) is 0 Å². The fourth-order valence-corrected chi connectivity index (χ4v) is 2.88. The van der Waals surface area contributed by atoms with Gasteiger partial charge in [0.15, 0.2) is 5.69 Å². The predicted molar refractivity (Wildman–Crippen MR) is 94.8 cm³/mol. The highest BCUT2D eigenvalue weighted by Crippen LogP contribution is 2.31. The second-order valence-corrected chi connectivity index (χ2v) is 6.29. The molecule has 0 N–H and O–H groups in total. The molecule has 0 atom stereocenters. The van der Waals surface area contributed by atoms with E-state index >= 15 is 0 Å². The van der Waals surface area contributed by atoms with Crippen LogP contribution in [0.3, 0.4) is 0 Å². The molecule has 2 aromatic carbocycles. The summed E-state index contributed by atoms with van der Waals surface area (Å²) >= 11 is 6.14. The average Bonchev–Trinajstić information content (AvgIpc) is 3.28. The molecule has 6 nitrogen and oxygen atoms in total. The average molecular weight is 406 g/mol. The summed E-state index contributed by atoms with van der Waals surface area (Å²) in [5, 5.41) is 12.3. The molecule has 28 heavy (non-hydrogen) atoms. The van der Waals surface area contributed by atoms with Gasteiger partial charge in [-0.1, -0.05) is 40.2 Å². The topological polar surface area (TPSA) is 69.6 Å². The Hall–Kier alpha value is -3.20. The van der Waals surface area contributed by atoms with Crippen LogP contribution in [-0.2, 0) is 6.18 Å². The van der Waals surface area contributed by atoms with Gasteiger partial charge < -0.3 is 4.52 Å². The molecule has 0 saturated heterocycles. The van der Waals surface area contributed by atoms with Gasteiger partial charge in [-0.2, -0.15) is 18.2 Å². The minimum absolute atomic E-state index is 0.0886. The Morgan fingerprint density at radius 3 is 2.61 bits per heavy atom. The van der Waals surface area contributed by atoms with Crippen LogP contribution in [0.25, 0.3) is 28.7 Å². The lowest BCUT2D eigenvalue weighted by molar-refractivity contribution is -0.137. The summed E-state index contributed by atoms with van der Waals surface area (Å²) in [6.07, 6.45) is -4.45.